The zero-order valence-corrected chi connectivity index (χ0v) is 14.0. The van der Waals surface area contributed by atoms with Crippen molar-refractivity contribution < 1.29 is 21.6 Å². The average Bonchev–Trinajstić information content (AvgIpc) is 2.90. The lowest BCUT2D eigenvalue weighted by atomic mass is 10.1. The van der Waals surface area contributed by atoms with E-state index in [1.54, 1.807) is 10.6 Å². The summed E-state index contributed by atoms with van der Waals surface area (Å²) in [5.41, 5.74) is -0.840. The topological polar surface area (TPSA) is 64.8 Å². The normalized spacial score (nSPS) is 16.3. The summed E-state index contributed by atoms with van der Waals surface area (Å²) >= 11 is 5.71. The number of rotatable bonds is 1. The number of hydrogen-bond donors (Lipinski definition) is 0. The third-order valence-electron chi connectivity index (χ3n) is 4.12. The molecule has 0 N–H and O–H groups in total. The molecule has 130 valence electrons. The predicted molar refractivity (Wildman–Crippen MR) is 85.0 cm³/mol. The van der Waals surface area contributed by atoms with Crippen molar-refractivity contribution >= 4 is 32.3 Å². The highest BCUT2D eigenvalue weighted by molar-refractivity contribution is 7.91. The van der Waals surface area contributed by atoms with E-state index in [0.29, 0.717) is 17.1 Å². The molecule has 1 aliphatic rings. The van der Waals surface area contributed by atoms with Crippen molar-refractivity contribution in [3.63, 3.8) is 0 Å². The molecule has 3 aromatic rings. The number of benzene rings is 1. The molecule has 0 amide bonds. The lowest BCUT2D eigenvalue weighted by Gasteiger charge is -2.15. The van der Waals surface area contributed by atoms with Crippen molar-refractivity contribution in [3.05, 3.63) is 41.4 Å². The molecule has 0 bridgehead atoms. The van der Waals surface area contributed by atoms with E-state index in [-0.39, 0.29) is 33.7 Å². The van der Waals surface area contributed by atoms with Crippen LogP contribution in [0.1, 0.15) is 5.56 Å². The van der Waals surface area contributed by atoms with E-state index >= 15 is 0 Å². The Morgan fingerprint density at radius 2 is 2.00 bits per heavy atom. The van der Waals surface area contributed by atoms with Crippen LogP contribution in [0.25, 0.3) is 22.2 Å². The molecular weight excluding hydrogens is 379 g/mol. The van der Waals surface area contributed by atoms with Gasteiger partial charge in [-0.3, -0.25) is 0 Å². The first-order chi connectivity index (χ1) is 11.7. The molecule has 3 heterocycles. The number of alkyl halides is 3. The third kappa shape index (κ3) is 2.49. The van der Waals surface area contributed by atoms with Crippen LogP contribution in [0.5, 0.6) is 0 Å². The molecular formula is C15H9ClF3N3O2S. The van der Waals surface area contributed by atoms with Crippen LogP contribution in [-0.2, 0) is 22.6 Å². The molecule has 4 rings (SSSR count). The molecule has 0 radical (unpaired) electrons. The Labute approximate surface area is 145 Å². The summed E-state index contributed by atoms with van der Waals surface area (Å²) in [6.45, 7) is 0.163. The van der Waals surface area contributed by atoms with Gasteiger partial charge < -0.3 is 4.57 Å². The van der Waals surface area contributed by atoms with Crippen molar-refractivity contribution in [2.24, 2.45) is 0 Å². The Morgan fingerprint density at radius 1 is 1.24 bits per heavy atom. The summed E-state index contributed by atoms with van der Waals surface area (Å²) in [5, 5.41) is 0.0589. The van der Waals surface area contributed by atoms with Gasteiger partial charge in [0.25, 0.3) is 0 Å². The summed E-state index contributed by atoms with van der Waals surface area (Å²) in [4.78, 5) is 7.30. The molecule has 0 fully saturated rings. The molecule has 10 heteroatoms. The quantitative estimate of drug-likeness (QED) is 0.599. The molecule has 1 aromatic carbocycles. The van der Waals surface area contributed by atoms with E-state index in [1.165, 1.54) is 18.3 Å². The second kappa shape index (κ2) is 5.18. The molecule has 2 aromatic heterocycles. The summed E-state index contributed by atoms with van der Waals surface area (Å²) < 4.78 is 66.2. The highest BCUT2D eigenvalue weighted by Crippen LogP contribution is 2.41. The van der Waals surface area contributed by atoms with Crippen molar-refractivity contribution in [1.82, 2.24) is 14.5 Å². The first-order valence-corrected chi connectivity index (χ1v) is 9.16. The Morgan fingerprint density at radius 3 is 2.72 bits per heavy atom. The van der Waals surface area contributed by atoms with Gasteiger partial charge in [-0.1, -0.05) is 12.1 Å². The first-order valence-electron chi connectivity index (χ1n) is 7.13. The molecule has 0 atom stereocenters. The van der Waals surface area contributed by atoms with Crippen LogP contribution >= 0.6 is 11.6 Å². The highest BCUT2D eigenvalue weighted by Gasteiger charge is 2.37. The Hall–Kier alpha value is -2.13. The fraction of sp³-hybridized carbons (Fsp3) is 0.200. The summed E-state index contributed by atoms with van der Waals surface area (Å²) in [6.07, 6.45) is -2.55. The number of nitrogens with zero attached hydrogens (tertiary/aromatic N) is 3. The maximum Gasteiger partial charge on any atom is 0.419 e. The second-order valence-corrected chi connectivity index (χ2v) is 8.02. The lowest BCUT2D eigenvalue weighted by Crippen LogP contribution is -2.18. The summed E-state index contributed by atoms with van der Waals surface area (Å²) in [5.74, 6) is -0.107. The van der Waals surface area contributed by atoms with Gasteiger partial charge in [-0.25, -0.2) is 18.4 Å². The molecule has 0 unspecified atom stereocenters. The largest absolute Gasteiger partial charge is 0.419 e. The lowest BCUT2D eigenvalue weighted by molar-refractivity contribution is -0.137. The van der Waals surface area contributed by atoms with E-state index in [0.717, 1.165) is 0 Å². The number of aromatic nitrogens is 3. The van der Waals surface area contributed by atoms with Crippen molar-refractivity contribution in [1.29, 1.82) is 0 Å². The maximum atomic E-state index is 13.3. The number of hydrogen-bond acceptors (Lipinski definition) is 4. The number of sulfone groups is 1. The third-order valence-corrected chi connectivity index (χ3v) is 6.02. The van der Waals surface area contributed by atoms with E-state index in [4.69, 9.17) is 11.6 Å². The predicted octanol–water partition coefficient (Wildman–Crippen LogP) is 3.56. The molecule has 0 saturated heterocycles. The van der Waals surface area contributed by atoms with Gasteiger partial charge in [0.1, 0.15) is 5.56 Å². The molecule has 0 spiro atoms. The van der Waals surface area contributed by atoms with Crippen LogP contribution in [0.3, 0.4) is 0 Å². The van der Waals surface area contributed by atoms with Gasteiger partial charge >= 0.3 is 6.18 Å². The number of halogens is 4. The van der Waals surface area contributed by atoms with Crippen molar-refractivity contribution in [2.45, 2.75) is 17.6 Å². The first kappa shape index (κ1) is 16.3. The van der Waals surface area contributed by atoms with Crippen LogP contribution in [-0.4, -0.2) is 28.7 Å². The van der Waals surface area contributed by atoms with Crippen LogP contribution in [0, 0.1) is 0 Å². The minimum absolute atomic E-state index is 0.107. The zero-order chi connectivity index (χ0) is 18.0. The van der Waals surface area contributed by atoms with Gasteiger partial charge in [0, 0.05) is 29.9 Å². The SMILES string of the molecule is O=S1(=O)CCn2cc(-c3nc(Cl)ncc3C(F)(F)F)c3cccc1c32. The average molecular weight is 388 g/mol. The molecule has 5 nitrogen and oxygen atoms in total. The van der Waals surface area contributed by atoms with Gasteiger partial charge in [-0.2, -0.15) is 13.2 Å². The van der Waals surface area contributed by atoms with Crippen LogP contribution in [0.15, 0.2) is 35.5 Å². The minimum atomic E-state index is -4.67. The molecule has 1 aliphatic heterocycles. The molecule has 0 aliphatic carbocycles. The molecule has 0 saturated carbocycles. The standard InChI is InChI=1S/C15H9ClF3N3O2S/c16-14-20-6-10(15(17,18)19)12(21-14)9-7-22-4-5-25(23,24)11-3-1-2-8(9)13(11)22/h1-3,6-7H,4-5H2. The van der Waals surface area contributed by atoms with Crippen LogP contribution in [0.2, 0.25) is 5.28 Å². The smallest absolute Gasteiger partial charge is 0.345 e. The maximum absolute atomic E-state index is 13.3. The highest BCUT2D eigenvalue weighted by atomic mass is 35.5. The fourth-order valence-electron chi connectivity index (χ4n) is 3.04. The van der Waals surface area contributed by atoms with Crippen LogP contribution < -0.4 is 0 Å². The van der Waals surface area contributed by atoms with E-state index < -0.39 is 21.6 Å². The van der Waals surface area contributed by atoms with E-state index in [9.17, 15) is 21.6 Å². The number of aryl methyl sites for hydroxylation is 1. The van der Waals surface area contributed by atoms with E-state index in [2.05, 4.69) is 9.97 Å². The van der Waals surface area contributed by atoms with E-state index in [1.807, 2.05) is 0 Å². The Balaban J connectivity index is 2.10. The summed E-state index contributed by atoms with van der Waals surface area (Å²) in [7, 11) is -3.47. The van der Waals surface area contributed by atoms with Gasteiger partial charge in [-0.05, 0) is 17.7 Å². The number of para-hydroxylation sites is 1. The van der Waals surface area contributed by atoms with Gasteiger partial charge in [-0.15, -0.1) is 0 Å². The monoisotopic (exact) mass is 387 g/mol. The van der Waals surface area contributed by atoms with Gasteiger partial charge in [0.2, 0.25) is 5.28 Å². The van der Waals surface area contributed by atoms with Crippen LogP contribution in [0.4, 0.5) is 13.2 Å². The Kier molecular flexibility index (Phi) is 3.39. The zero-order valence-electron chi connectivity index (χ0n) is 12.4. The Bertz CT molecular complexity index is 1120. The van der Waals surface area contributed by atoms with Crippen molar-refractivity contribution in [3.8, 4) is 11.3 Å². The molecule has 25 heavy (non-hydrogen) atoms. The van der Waals surface area contributed by atoms with Crippen molar-refractivity contribution in [2.75, 3.05) is 5.75 Å². The fourth-order valence-corrected chi connectivity index (χ4v) is 4.64. The van der Waals surface area contributed by atoms with Gasteiger partial charge in [0.15, 0.2) is 9.84 Å². The minimum Gasteiger partial charge on any atom is -0.345 e. The second-order valence-electron chi connectivity index (χ2n) is 5.61. The summed E-state index contributed by atoms with van der Waals surface area (Å²) in [6, 6.07) is 4.53. The van der Waals surface area contributed by atoms with Gasteiger partial charge in [0.05, 0.1) is 21.9 Å².